The fourth-order valence-electron chi connectivity index (χ4n) is 2.31. The molecule has 0 aliphatic carbocycles. The predicted molar refractivity (Wildman–Crippen MR) is 92.5 cm³/mol. The Kier molecular flexibility index (Phi) is 4.92. The minimum Gasteiger partial charge on any atom is -0.497 e. The minimum atomic E-state index is 0.0924. The molecule has 0 unspecified atom stereocenters. The first-order valence-corrected chi connectivity index (χ1v) is 7.44. The SMILES string of the molecule is COc1ccc(C(=CC(C)(C)C)c2ccc(OC)cc2)cc1. The summed E-state index contributed by atoms with van der Waals surface area (Å²) in [6.07, 6.45) is 2.30. The lowest BCUT2D eigenvalue weighted by molar-refractivity contribution is 0.414. The monoisotopic (exact) mass is 296 g/mol. The molecule has 0 radical (unpaired) electrons. The van der Waals surface area contributed by atoms with Crippen LogP contribution in [-0.4, -0.2) is 14.2 Å². The summed E-state index contributed by atoms with van der Waals surface area (Å²) in [6, 6.07) is 16.4. The third-order valence-electron chi connectivity index (χ3n) is 3.38. The molecule has 0 amide bonds. The molecule has 2 aromatic carbocycles. The van der Waals surface area contributed by atoms with Gasteiger partial charge in [-0.25, -0.2) is 0 Å². The second-order valence-electron chi connectivity index (χ2n) is 6.38. The van der Waals surface area contributed by atoms with Crippen molar-refractivity contribution in [3.63, 3.8) is 0 Å². The molecule has 0 fully saturated rings. The Morgan fingerprint density at radius 2 is 1.09 bits per heavy atom. The van der Waals surface area contributed by atoms with Crippen LogP contribution in [0.1, 0.15) is 31.9 Å². The number of methoxy groups -OCH3 is 2. The first-order valence-electron chi connectivity index (χ1n) is 7.44. The molecule has 2 rings (SSSR count). The minimum absolute atomic E-state index is 0.0924. The van der Waals surface area contributed by atoms with E-state index >= 15 is 0 Å². The number of benzene rings is 2. The third-order valence-corrected chi connectivity index (χ3v) is 3.38. The zero-order valence-electron chi connectivity index (χ0n) is 14.0. The van der Waals surface area contributed by atoms with Gasteiger partial charge >= 0.3 is 0 Å². The van der Waals surface area contributed by atoms with Crippen LogP contribution in [0.4, 0.5) is 0 Å². The van der Waals surface area contributed by atoms with Crippen LogP contribution in [0.15, 0.2) is 54.6 Å². The zero-order chi connectivity index (χ0) is 16.2. The van der Waals surface area contributed by atoms with E-state index in [1.54, 1.807) is 14.2 Å². The van der Waals surface area contributed by atoms with Crippen molar-refractivity contribution in [2.24, 2.45) is 5.41 Å². The van der Waals surface area contributed by atoms with E-state index < -0.39 is 0 Å². The fourth-order valence-corrected chi connectivity index (χ4v) is 2.31. The maximum atomic E-state index is 5.25. The van der Waals surface area contributed by atoms with Crippen LogP contribution < -0.4 is 9.47 Å². The standard InChI is InChI=1S/C20H24O2/c1-20(2,3)14-19(15-6-10-17(21-4)11-7-15)16-8-12-18(22-5)13-9-16/h6-14H,1-5H3. The summed E-state index contributed by atoms with van der Waals surface area (Å²) in [7, 11) is 3.37. The van der Waals surface area contributed by atoms with Gasteiger partial charge in [0.1, 0.15) is 11.5 Å². The van der Waals surface area contributed by atoms with Gasteiger partial charge in [0.05, 0.1) is 14.2 Å². The molecule has 2 aromatic rings. The van der Waals surface area contributed by atoms with Crippen LogP contribution in [-0.2, 0) is 0 Å². The van der Waals surface area contributed by atoms with E-state index in [1.807, 2.05) is 24.3 Å². The maximum Gasteiger partial charge on any atom is 0.118 e. The lowest BCUT2D eigenvalue weighted by Gasteiger charge is -2.18. The van der Waals surface area contributed by atoms with Gasteiger partial charge in [-0.2, -0.15) is 0 Å². The molecule has 22 heavy (non-hydrogen) atoms. The molecule has 0 aromatic heterocycles. The van der Waals surface area contributed by atoms with Crippen LogP contribution in [0.3, 0.4) is 0 Å². The molecule has 0 atom stereocenters. The quantitative estimate of drug-likeness (QED) is 0.773. The van der Waals surface area contributed by atoms with E-state index in [0.29, 0.717) is 0 Å². The van der Waals surface area contributed by atoms with Gasteiger partial charge in [0, 0.05) is 0 Å². The van der Waals surface area contributed by atoms with Gasteiger partial charge in [0.15, 0.2) is 0 Å². The van der Waals surface area contributed by atoms with Gasteiger partial charge in [-0.05, 0) is 46.4 Å². The lowest BCUT2D eigenvalue weighted by Crippen LogP contribution is -2.02. The van der Waals surface area contributed by atoms with Crippen molar-refractivity contribution in [3.8, 4) is 11.5 Å². The average Bonchev–Trinajstić information content (AvgIpc) is 2.52. The Labute approximate surface area is 133 Å². The van der Waals surface area contributed by atoms with Crippen LogP contribution in [0.2, 0.25) is 0 Å². The molecule has 0 N–H and O–H groups in total. The van der Waals surface area contributed by atoms with Crippen molar-refractivity contribution in [1.82, 2.24) is 0 Å². The van der Waals surface area contributed by atoms with E-state index in [1.165, 1.54) is 16.7 Å². The van der Waals surface area contributed by atoms with E-state index in [9.17, 15) is 0 Å². The van der Waals surface area contributed by atoms with E-state index in [4.69, 9.17) is 9.47 Å². The Morgan fingerprint density at radius 3 is 1.36 bits per heavy atom. The molecule has 0 spiro atoms. The van der Waals surface area contributed by atoms with Crippen molar-refractivity contribution < 1.29 is 9.47 Å². The van der Waals surface area contributed by atoms with Crippen LogP contribution in [0.5, 0.6) is 11.5 Å². The summed E-state index contributed by atoms with van der Waals surface area (Å²) >= 11 is 0. The first kappa shape index (κ1) is 16.2. The highest BCUT2D eigenvalue weighted by Gasteiger charge is 2.12. The van der Waals surface area contributed by atoms with E-state index in [0.717, 1.165) is 11.5 Å². The Bertz CT molecular complexity index is 579. The smallest absolute Gasteiger partial charge is 0.118 e. The molecule has 116 valence electrons. The van der Waals surface area contributed by atoms with Gasteiger partial charge < -0.3 is 9.47 Å². The molecule has 0 saturated heterocycles. The van der Waals surface area contributed by atoms with Crippen LogP contribution in [0, 0.1) is 5.41 Å². The normalized spacial score (nSPS) is 11.0. The predicted octanol–water partition coefficient (Wildman–Crippen LogP) is 5.18. The second-order valence-corrected chi connectivity index (χ2v) is 6.38. The van der Waals surface area contributed by atoms with Crippen LogP contribution in [0.25, 0.3) is 5.57 Å². The summed E-state index contributed by atoms with van der Waals surface area (Å²) in [5.74, 6) is 1.74. The number of rotatable bonds is 4. The molecule has 0 aliphatic heterocycles. The van der Waals surface area contributed by atoms with Crippen molar-refractivity contribution >= 4 is 5.57 Å². The summed E-state index contributed by atoms with van der Waals surface area (Å²) in [5.41, 5.74) is 3.68. The van der Waals surface area contributed by atoms with Gasteiger partial charge in [-0.3, -0.25) is 0 Å². The molecule has 0 aliphatic rings. The van der Waals surface area contributed by atoms with Crippen molar-refractivity contribution in [1.29, 1.82) is 0 Å². The average molecular weight is 296 g/mol. The summed E-state index contributed by atoms with van der Waals surface area (Å²) in [6.45, 7) is 6.63. The Hall–Kier alpha value is -2.22. The Balaban J connectivity index is 2.48. The molecule has 2 heteroatoms. The number of hydrogen-bond donors (Lipinski definition) is 0. The summed E-state index contributed by atoms with van der Waals surface area (Å²) in [5, 5.41) is 0. The molecule has 0 bridgehead atoms. The molecule has 0 heterocycles. The highest BCUT2D eigenvalue weighted by molar-refractivity contribution is 5.80. The highest BCUT2D eigenvalue weighted by atomic mass is 16.5. The largest absolute Gasteiger partial charge is 0.497 e. The van der Waals surface area contributed by atoms with E-state index in [-0.39, 0.29) is 5.41 Å². The number of hydrogen-bond acceptors (Lipinski definition) is 2. The molecular weight excluding hydrogens is 272 g/mol. The fraction of sp³-hybridized carbons (Fsp3) is 0.300. The summed E-state index contributed by atoms with van der Waals surface area (Å²) in [4.78, 5) is 0. The zero-order valence-corrected chi connectivity index (χ0v) is 14.0. The topological polar surface area (TPSA) is 18.5 Å². The van der Waals surface area contributed by atoms with Crippen LogP contribution >= 0.6 is 0 Å². The van der Waals surface area contributed by atoms with Gasteiger partial charge in [-0.15, -0.1) is 0 Å². The van der Waals surface area contributed by atoms with Gasteiger partial charge in [0.25, 0.3) is 0 Å². The number of ether oxygens (including phenoxy) is 2. The molecular formula is C20H24O2. The van der Waals surface area contributed by atoms with Crippen molar-refractivity contribution in [2.45, 2.75) is 20.8 Å². The number of allylic oxidation sites excluding steroid dienone is 1. The highest BCUT2D eigenvalue weighted by Crippen LogP contribution is 2.31. The first-order chi connectivity index (χ1) is 10.4. The Morgan fingerprint density at radius 1 is 0.727 bits per heavy atom. The lowest BCUT2D eigenvalue weighted by atomic mass is 9.88. The molecule has 0 saturated carbocycles. The molecule has 2 nitrogen and oxygen atoms in total. The van der Waals surface area contributed by atoms with Crippen molar-refractivity contribution in [2.75, 3.05) is 14.2 Å². The third kappa shape index (κ3) is 4.14. The van der Waals surface area contributed by atoms with Gasteiger partial charge in [0.2, 0.25) is 0 Å². The second kappa shape index (κ2) is 6.69. The van der Waals surface area contributed by atoms with E-state index in [2.05, 4.69) is 51.1 Å². The van der Waals surface area contributed by atoms with Gasteiger partial charge in [-0.1, -0.05) is 51.1 Å². The summed E-state index contributed by atoms with van der Waals surface area (Å²) < 4.78 is 10.5. The van der Waals surface area contributed by atoms with Crippen molar-refractivity contribution in [3.05, 3.63) is 65.7 Å². The maximum absolute atomic E-state index is 5.25.